The monoisotopic (exact) mass is 579 g/mol. The minimum atomic E-state index is -4.37. The van der Waals surface area contributed by atoms with Crippen molar-refractivity contribution in [2.45, 2.75) is 82.1 Å². The molecule has 41 heavy (non-hydrogen) atoms. The summed E-state index contributed by atoms with van der Waals surface area (Å²) in [5, 5.41) is 14.9. The number of piperidine rings is 1. The highest BCUT2D eigenvalue weighted by Crippen LogP contribution is 2.34. The van der Waals surface area contributed by atoms with Crippen molar-refractivity contribution in [3.63, 3.8) is 0 Å². The SMILES string of the molecule is Cc1c(NCC2CCCC(c3ccc(C(F)(F)F)cc3)O2)cnnc1C(=O)N1CCC(NC2CCOCC2F)CC1. The molecule has 1 amide bonds. The molecule has 1 aromatic heterocycles. The number of carbonyl (C=O) groups is 1. The normalized spacial score (nSPS) is 26.1. The molecule has 3 aliphatic heterocycles. The number of carbonyl (C=O) groups excluding carboxylic acids is 1. The molecular formula is C29H37F4N5O3. The molecule has 3 fully saturated rings. The van der Waals surface area contributed by atoms with Crippen molar-refractivity contribution in [1.82, 2.24) is 20.4 Å². The Morgan fingerprint density at radius 1 is 1.10 bits per heavy atom. The first kappa shape index (κ1) is 29.7. The number of hydrogen-bond donors (Lipinski definition) is 2. The lowest BCUT2D eigenvalue weighted by Gasteiger charge is -2.36. The molecule has 4 heterocycles. The molecule has 0 saturated carbocycles. The largest absolute Gasteiger partial charge is 0.416 e. The van der Waals surface area contributed by atoms with E-state index in [0.717, 1.165) is 49.8 Å². The molecule has 2 aromatic rings. The number of nitrogens with one attached hydrogen (secondary N) is 2. The topological polar surface area (TPSA) is 88.6 Å². The molecular weight excluding hydrogens is 542 g/mol. The molecule has 0 bridgehead atoms. The van der Waals surface area contributed by atoms with Crippen LogP contribution in [0.4, 0.5) is 23.2 Å². The summed E-state index contributed by atoms with van der Waals surface area (Å²) >= 11 is 0. The average Bonchev–Trinajstić information content (AvgIpc) is 2.98. The number of alkyl halides is 4. The number of amides is 1. The summed E-state index contributed by atoms with van der Waals surface area (Å²) in [5.74, 6) is -0.178. The maximum absolute atomic E-state index is 14.1. The highest BCUT2D eigenvalue weighted by atomic mass is 19.4. The van der Waals surface area contributed by atoms with Crippen LogP contribution in [0.1, 0.15) is 71.8 Å². The van der Waals surface area contributed by atoms with E-state index in [9.17, 15) is 22.4 Å². The maximum Gasteiger partial charge on any atom is 0.416 e. The third-order valence-electron chi connectivity index (χ3n) is 8.30. The van der Waals surface area contributed by atoms with E-state index in [0.29, 0.717) is 49.6 Å². The van der Waals surface area contributed by atoms with Gasteiger partial charge >= 0.3 is 6.18 Å². The van der Waals surface area contributed by atoms with Gasteiger partial charge in [0.15, 0.2) is 5.69 Å². The predicted molar refractivity (Wildman–Crippen MR) is 144 cm³/mol. The zero-order chi connectivity index (χ0) is 29.0. The first-order valence-electron chi connectivity index (χ1n) is 14.3. The Labute approximate surface area is 237 Å². The van der Waals surface area contributed by atoms with Gasteiger partial charge in [-0.05, 0) is 63.1 Å². The molecule has 224 valence electrons. The van der Waals surface area contributed by atoms with Gasteiger partial charge in [-0.1, -0.05) is 12.1 Å². The van der Waals surface area contributed by atoms with Crippen LogP contribution in [0.5, 0.6) is 0 Å². The van der Waals surface area contributed by atoms with Crippen LogP contribution in [0, 0.1) is 6.92 Å². The first-order chi connectivity index (χ1) is 19.7. The number of ether oxygens (including phenoxy) is 2. The minimum absolute atomic E-state index is 0.129. The maximum atomic E-state index is 14.1. The number of benzene rings is 1. The summed E-state index contributed by atoms with van der Waals surface area (Å²) < 4.78 is 64.3. The van der Waals surface area contributed by atoms with Crippen LogP contribution < -0.4 is 10.6 Å². The van der Waals surface area contributed by atoms with Crippen molar-refractivity contribution in [3.05, 3.63) is 52.8 Å². The lowest BCUT2D eigenvalue weighted by Crippen LogP contribution is -2.52. The van der Waals surface area contributed by atoms with E-state index >= 15 is 0 Å². The number of halogens is 4. The van der Waals surface area contributed by atoms with Gasteiger partial charge in [0.2, 0.25) is 0 Å². The van der Waals surface area contributed by atoms with Crippen molar-refractivity contribution >= 4 is 11.6 Å². The van der Waals surface area contributed by atoms with Crippen LogP contribution >= 0.6 is 0 Å². The van der Waals surface area contributed by atoms with Crippen LogP contribution in [0.2, 0.25) is 0 Å². The van der Waals surface area contributed by atoms with Crippen LogP contribution in [0.25, 0.3) is 0 Å². The Balaban J connectivity index is 1.13. The Hall–Kier alpha value is -2.83. The molecule has 0 spiro atoms. The van der Waals surface area contributed by atoms with Crippen molar-refractivity contribution < 1.29 is 31.8 Å². The van der Waals surface area contributed by atoms with E-state index in [-0.39, 0.29) is 36.8 Å². The predicted octanol–water partition coefficient (Wildman–Crippen LogP) is 4.85. The highest BCUT2D eigenvalue weighted by molar-refractivity contribution is 5.94. The molecule has 0 radical (unpaired) electrons. The van der Waals surface area contributed by atoms with Crippen molar-refractivity contribution in [2.24, 2.45) is 0 Å². The molecule has 4 unspecified atom stereocenters. The number of rotatable bonds is 7. The lowest BCUT2D eigenvalue weighted by atomic mass is 9.97. The zero-order valence-corrected chi connectivity index (χ0v) is 23.1. The Morgan fingerprint density at radius 3 is 2.56 bits per heavy atom. The quantitative estimate of drug-likeness (QED) is 0.454. The molecule has 2 N–H and O–H groups in total. The molecule has 12 heteroatoms. The van der Waals surface area contributed by atoms with E-state index in [1.165, 1.54) is 12.1 Å². The van der Waals surface area contributed by atoms with Gasteiger partial charge in [0.05, 0.1) is 36.3 Å². The molecule has 3 saturated heterocycles. The fourth-order valence-corrected chi connectivity index (χ4v) is 5.82. The van der Waals surface area contributed by atoms with Gasteiger partial charge in [-0.25, -0.2) is 4.39 Å². The molecule has 8 nitrogen and oxygen atoms in total. The number of hydrogen-bond acceptors (Lipinski definition) is 7. The van der Waals surface area contributed by atoms with Crippen LogP contribution in [-0.2, 0) is 15.7 Å². The second kappa shape index (κ2) is 13.0. The summed E-state index contributed by atoms with van der Waals surface area (Å²) in [7, 11) is 0. The zero-order valence-electron chi connectivity index (χ0n) is 23.1. The van der Waals surface area contributed by atoms with Gasteiger partial charge in [-0.15, -0.1) is 5.10 Å². The molecule has 3 aliphatic rings. The molecule has 5 rings (SSSR count). The molecule has 4 atom stereocenters. The second-order valence-electron chi connectivity index (χ2n) is 11.1. The number of likely N-dealkylation sites (tertiary alicyclic amines) is 1. The van der Waals surface area contributed by atoms with Gasteiger partial charge in [-0.3, -0.25) is 4.79 Å². The van der Waals surface area contributed by atoms with Crippen molar-refractivity contribution in [3.8, 4) is 0 Å². The second-order valence-corrected chi connectivity index (χ2v) is 11.1. The Kier molecular flexibility index (Phi) is 9.40. The van der Waals surface area contributed by atoms with Crippen LogP contribution in [0.3, 0.4) is 0 Å². The third-order valence-corrected chi connectivity index (χ3v) is 8.30. The third kappa shape index (κ3) is 7.34. The highest BCUT2D eigenvalue weighted by Gasteiger charge is 2.32. The molecule has 0 aliphatic carbocycles. The van der Waals surface area contributed by atoms with Gasteiger partial charge in [-0.2, -0.15) is 18.3 Å². The first-order valence-corrected chi connectivity index (χ1v) is 14.3. The van der Waals surface area contributed by atoms with Crippen LogP contribution in [0.15, 0.2) is 30.5 Å². The summed E-state index contributed by atoms with van der Waals surface area (Å²) in [6.07, 6.45) is 0.356. The van der Waals surface area contributed by atoms with E-state index in [1.54, 1.807) is 11.1 Å². The Morgan fingerprint density at radius 2 is 1.85 bits per heavy atom. The van der Waals surface area contributed by atoms with Gasteiger partial charge in [0.25, 0.3) is 5.91 Å². The van der Waals surface area contributed by atoms with Gasteiger partial charge < -0.3 is 25.0 Å². The van der Waals surface area contributed by atoms with Gasteiger partial charge in [0, 0.05) is 43.9 Å². The number of aromatic nitrogens is 2. The van der Waals surface area contributed by atoms with Crippen molar-refractivity contribution in [2.75, 3.05) is 38.2 Å². The molecule has 1 aromatic carbocycles. The minimum Gasteiger partial charge on any atom is -0.381 e. The van der Waals surface area contributed by atoms with Crippen LogP contribution in [-0.4, -0.2) is 78.2 Å². The van der Waals surface area contributed by atoms with Gasteiger partial charge in [0.1, 0.15) is 6.17 Å². The summed E-state index contributed by atoms with van der Waals surface area (Å²) in [5.41, 5.74) is 1.74. The summed E-state index contributed by atoms with van der Waals surface area (Å²) in [6, 6.07) is 5.11. The number of nitrogens with zero attached hydrogens (tertiary/aromatic N) is 3. The van der Waals surface area contributed by atoms with E-state index in [4.69, 9.17) is 9.47 Å². The fraction of sp³-hybridized carbons (Fsp3) is 0.621. The fourth-order valence-electron chi connectivity index (χ4n) is 5.82. The summed E-state index contributed by atoms with van der Waals surface area (Å²) in [6.45, 7) is 4.09. The average molecular weight is 580 g/mol. The number of anilines is 1. The van der Waals surface area contributed by atoms with Crippen molar-refractivity contribution in [1.29, 1.82) is 0 Å². The smallest absolute Gasteiger partial charge is 0.381 e. The van der Waals surface area contributed by atoms with E-state index in [2.05, 4.69) is 20.8 Å². The van der Waals surface area contributed by atoms with E-state index < -0.39 is 17.9 Å². The Bertz CT molecular complexity index is 1170. The van der Waals surface area contributed by atoms with E-state index in [1.807, 2.05) is 6.92 Å². The standard InChI is InChI=1S/C29H37F4N5O3/c1-18-25(34-15-22-3-2-4-26(41-22)19-5-7-20(8-6-19)29(31,32)33)16-35-37-27(18)28(39)38-12-9-21(10-13-38)36-24-11-14-40-17-23(24)30/h5-8,16,21-24,26,36H,2-4,9-15,17H2,1H3,(H,34,37). The summed E-state index contributed by atoms with van der Waals surface area (Å²) in [4.78, 5) is 15.1. The lowest BCUT2D eigenvalue weighted by molar-refractivity contribution is -0.137.